The average Bonchev–Trinajstić information content (AvgIpc) is 2.71. The highest BCUT2D eigenvalue weighted by Gasteiger charge is 2.03. The molecule has 2 aromatic heterocycles. The first-order chi connectivity index (χ1) is 14.1. The van der Waals surface area contributed by atoms with Gasteiger partial charge in [0.25, 0.3) is 0 Å². The molecule has 0 aliphatic heterocycles. The molecule has 0 saturated heterocycles. The molecule has 0 saturated carbocycles. The molecular weight excluding hydrogens is 388 g/mol. The second kappa shape index (κ2) is 10.2. The van der Waals surface area contributed by atoms with E-state index in [1.54, 1.807) is 24.4 Å². The van der Waals surface area contributed by atoms with E-state index in [1.807, 2.05) is 43.3 Å². The number of halogens is 1. The van der Waals surface area contributed by atoms with Gasteiger partial charge in [-0.05, 0) is 36.8 Å². The second-order valence-electron chi connectivity index (χ2n) is 6.10. The molecule has 1 amide bonds. The molecule has 0 atom stereocenters. The van der Waals surface area contributed by atoms with E-state index in [4.69, 9.17) is 11.6 Å². The minimum absolute atomic E-state index is 0.192. The molecule has 3 aromatic rings. The van der Waals surface area contributed by atoms with Gasteiger partial charge in [0.15, 0.2) is 0 Å². The highest BCUT2D eigenvalue weighted by atomic mass is 35.5. The fraction of sp³-hybridized carbons (Fsp3) is 0.143. The first kappa shape index (κ1) is 20.3. The normalized spacial score (nSPS) is 10.7. The number of carbonyl (C=O) groups is 1. The Hall–Kier alpha value is -3.45. The molecule has 0 fully saturated rings. The van der Waals surface area contributed by atoms with Crippen LogP contribution in [0.15, 0.2) is 60.8 Å². The number of aryl methyl sites for hydroxylation is 1. The van der Waals surface area contributed by atoms with Crippen molar-refractivity contribution in [2.45, 2.75) is 6.92 Å². The number of pyridine rings is 1. The van der Waals surface area contributed by atoms with Gasteiger partial charge in [0, 0.05) is 36.5 Å². The van der Waals surface area contributed by atoms with Crippen LogP contribution in [0.2, 0.25) is 5.02 Å². The largest absolute Gasteiger partial charge is 0.368 e. The average molecular weight is 409 g/mol. The summed E-state index contributed by atoms with van der Waals surface area (Å²) in [5.74, 6) is 2.44. The van der Waals surface area contributed by atoms with E-state index in [-0.39, 0.29) is 5.91 Å². The molecule has 0 aliphatic carbocycles. The first-order valence-corrected chi connectivity index (χ1v) is 9.46. The van der Waals surface area contributed by atoms with Crippen molar-refractivity contribution in [2.75, 3.05) is 23.7 Å². The fourth-order valence-electron chi connectivity index (χ4n) is 2.50. The fourth-order valence-corrected chi connectivity index (χ4v) is 2.70. The number of anilines is 3. The van der Waals surface area contributed by atoms with Crippen molar-refractivity contribution in [3.05, 3.63) is 77.2 Å². The lowest BCUT2D eigenvalue weighted by Crippen LogP contribution is -2.27. The standard InChI is InChI=1S/C21H21ClN6O/c1-15-26-19(14-20(27-15)28-18-8-4-5-11-23-18)24-12-13-25-21(29)10-9-16-6-2-3-7-17(16)22/h2-11,14H,12-13H2,1H3,(H,25,29)(H2,23,24,26,27,28)/b10-9+. The van der Waals surface area contributed by atoms with Crippen molar-refractivity contribution < 1.29 is 4.79 Å². The Morgan fingerprint density at radius 1 is 1.03 bits per heavy atom. The van der Waals surface area contributed by atoms with Crippen LogP contribution in [0.25, 0.3) is 6.08 Å². The number of benzene rings is 1. The number of carbonyl (C=O) groups excluding carboxylic acids is 1. The Morgan fingerprint density at radius 3 is 2.62 bits per heavy atom. The molecule has 0 aliphatic rings. The van der Waals surface area contributed by atoms with Crippen LogP contribution in [0.1, 0.15) is 11.4 Å². The van der Waals surface area contributed by atoms with Crippen molar-refractivity contribution in [3.63, 3.8) is 0 Å². The number of nitrogens with one attached hydrogen (secondary N) is 3. The number of aromatic nitrogens is 3. The summed E-state index contributed by atoms with van der Waals surface area (Å²) in [4.78, 5) is 24.9. The molecule has 0 unspecified atom stereocenters. The molecule has 3 rings (SSSR count). The van der Waals surface area contributed by atoms with E-state index < -0.39 is 0 Å². The number of hydrogen-bond acceptors (Lipinski definition) is 6. The van der Waals surface area contributed by atoms with Crippen LogP contribution in [0.3, 0.4) is 0 Å². The van der Waals surface area contributed by atoms with Crippen molar-refractivity contribution in [1.29, 1.82) is 0 Å². The minimum Gasteiger partial charge on any atom is -0.368 e. The van der Waals surface area contributed by atoms with Gasteiger partial charge in [0.1, 0.15) is 23.3 Å². The lowest BCUT2D eigenvalue weighted by Gasteiger charge is -2.10. The smallest absolute Gasteiger partial charge is 0.244 e. The summed E-state index contributed by atoms with van der Waals surface area (Å²) in [5.41, 5.74) is 0.798. The van der Waals surface area contributed by atoms with Crippen LogP contribution in [0, 0.1) is 6.92 Å². The molecule has 0 spiro atoms. The topological polar surface area (TPSA) is 91.8 Å². The van der Waals surface area contributed by atoms with Crippen LogP contribution >= 0.6 is 11.6 Å². The number of hydrogen-bond donors (Lipinski definition) is 3. The maximum atomic E-state index is 11.9. The second-order valence-corrected chi connectivity index (χ2v) is 6.51. The summed E-state index contributed by atoms with van der Waals surface area (Å²) in [6.07, 6.45) is 4.86. The van der Waals surface area contributed by atoms with Gasteiger partial charge >= 0.3 is 0 Å². The number of nitrogens with zero attached hydrogens (tertiary/aromatic N) is 3. The van der Waals surface area contributed by atoms with E-state index in [0.29, 0.717) is 41.4 Å². The lowest BCUT2D eigenvalue weighted by molar-refractivity contribution is -0.116. The quantitative estimate of drug-likeness (QED) is 0.387. The molecule has 0 radical (unpaired) electrons. The van der Waals surface area contributed by atoms with Gasteiger partial charge in [-0.1, -0.05) is 35.9 Å². The van der Waals surface area contributed by atoms with Gasteiger partial charge in [0.05, 0.1) is 0 Å². The predicted molar refractivity (Wildman–Crippen MR) is 116 cm³/mol. The van der Waals surface area contributed by atoms with Crippen LogP contribution in [0.5, 0.6) is 0 Å². The lowest BCUT2D eigenvalue weighted by atomic mass is 10.2. The van der Waals surface area contributed by atoms with Crippen LogP contribution in [0.4, 0.5) is 17.5 Å². The zero-order valence-electron chi connectivity index (χ0n) is 15.9. The van der Waals surface area contributed by atoms with Crippen LogP contribution in [-0.4, -0.2) is 33.9 Å². The number of rotatable bonds is 8. The van der Waals surface area contributed by atoms with Gasteiger partial charge in [-0.2, -0.15) is 0 Å². The van der Waals surface area contributed by atoms with E-state index in [1.165, 1.54) is 6.08 Å². The molecule has 1 aromatic carbocycles. The molecule has 148 valence electrons. The molecule has 0 bridgehead atoms. The molecular formula is C21H21ClN6O. The van der Waals surface area contributed by atoms with Gasteiger partial charge in [0.2, 0.25) is 5.91 Å². The maximum Gasteiger partial charge on any atom is 0.244 e. The van der Waals surface area contributed by atoms with E-state index >= 15 is 0 Å². The highest BCUT2D eigenvalue weighted by molar-refractivity contribution is 6.32. The Kier molecular flexibility index (Phi) is 7.13. The van der Waals surface area contributed by atoms with Crippen LogP contribution in [-0.2, 0) is 4.79 Å². The van der Waals surface area contributed by atoms with Gasteiger partial charge in [-0.25, -0.2) is 15.0 Å². The molecule has 29 heavy (non-hydrogen) atoms. The predicted octanol–water partition coefficient (Wildman–Crippen LogP) is 3.82. The monoisotopic (exact) mass is 408 g/mol. The summed E-state index contributed by atoms with van der Waals surface area (Å²) < 4.78 is 0. The number of amides is 1. The van der Waals surface area contributed by atoms with E-state index in [0.717, 1.165) is 5.56 Å². The van der Waals surface area contributed by atoms with Crippen molar-refractivity contribution >= 4 is 41.0 Å². The summed E-state index contributed by atoms with van der Waals surface area (Å²) in [7, 11) is 0. The van der Waals surface area contributed by atoms with Crippen LogP contribution < -0.4 is 16.0 Å². The molecule has 8 heteroatoms. The summed E-state index contributed by atoms with van der Waals surface area (Å²) in [6, 6.07) is 14.7. The molecule has 3 N–H and O–H groups in total. The Balaban J connectivity index is 1.47. The van der Waals surface area contributed by atoms with Gasteiger partial charge in [-0.3, -0.25) is 4.79 Å². The molecule has 2 heterocycles. The summed E-state index contributed by atoms with van der Waals surface area (Å²) >= 11 is 6.06. The maximum absolute atomic E-state index is 11.9. The van der Waals surface area contributed by atoms with E-state index in [9.17, 15) is 4.79 Å². The summed E-state index contributed by atoms with van der Waals surface area (Å²) in [6.45, 7) is 2.78. The third-order valence-electron chi connectivity index (χ3n) is 3.81. The Morgan fingerprint density at radius 2 is 1.83 bits per heavy atom. The third kappa shape index (κ3) is 6.58. The third-order valence-corrected chi connectivity index (χ3v) is 4.15. The van der Waals surface area contributed by atoms with Crippen molar-refractivity contribution in [2.24, 2.45) is 0 Å². The van der Waals surface area contributed by atoms with Crippen molar-refractivity contribution in [3.8, 4) is 0 Å². The zero-order chi connectivity index (χ0) is 20.5. The van der Waals surface area contributed by atoms with E-state index in [2.05, 4.69) is 30.9 Å². The van der Waals surface area contributed by atoms with Gasteiger partial charge < -0.3 is 16.0 Å². The SMILES string of the molecule is Cc1nc(NCCNC(=O)/C=C/c2ccccc2Cl)cc(Nc2ccccn2)n1. The van der Waals surface area contributed by atoms with Crippen molar-refractivity contribution in [1.82, 2.24) is 20.3 Å². The molecule has 7 nitrogen and oxygen atoms in total. The first-order valence-electron chi connectivity index (χ1n) is 9.08. The zero-order valence-corrected chi connectivity index (χ0v) is 16.6. The Labute approximate surface area is 174 Å². The van der Waals surface area contributed by atoms with Gasteiger partial charge in [-0.15, -0.1) is 0 Å². The highest BCUT2D eigenvalue weighted by Crippen LogP contribution is 2.16. The summed E-state index contributed by atoms with van der Waals surface area (Å²) in [5, 5.41) is 9.73. The minimum atomic E-state index is -0.192. The Bertz CT molecular complexity index is 993.